The summed E-state index contributed by atoms with van der Waals surface area (Å²) in [5.74, 6) is -0.0302. The van der Waals surface area contributed by atoms with Gasteiger partial charge in [0.25, 0.3) is 0 Å². The van der Waals surface area contributed by atoms with Crippen molar-refractivity contribution < 1.29 is 9.59 Å². The van der Waals surface area contributed by atoms with Gasteiger partial charge in [-0.05, 0) is 30.0 Å². The van der Waals surface area contributed by atoms with E-state index >= 15 is 0 Å². The zero-order chi connectivity index (χ0) is 14.7. The lowest BCUT2D eigenvalue weighted by atomic mass is 10.00. The predicted octanol–water partition coefficient (Wildman–Crippen LogP) is 2.13. The molecule has 1 aromatic carbocycles. The third-order valence-corrected chi connectivity index (χ3v) is 3.60. The number of anilines is 1. The van der Waals surface area contributed by atoms with Crippen LogP contribution in [0.25, 0.3) is 0 Å². The van der Waals surface area contributed by atoms with Crippen molar-refractivity contribution in [2.45, 2.75) is 39.7 Å². The number of piperazine rings is 1. The molecule has 0 radical (unpaired) electrons. The van der Waals surface area contributed by atoms with Crippen LogP contribution in [0.1, 0.15) is 32.8 Å². The van der Waals surface area contributed by atoms with Gasteiger partial charge in [-0.3, -0.25) is 9.59 Å². The van der Waals surface area contributed by atoms with E-state index in [-0.39, 0.29) is 24.3 Å². The molecule has 4 heteroatoms. The van der Waals surface area contributed by atoms with Gasteiger partial charge in [-0.15, -0.1) is 0 Å². The fourth-order valence-electron chi connectivity index (χ4n) is 2.47. The van der Waals surface area contributed by atoms with Gasteiger partial charge in [-0.1, -0.05) is 39.3 Å². The van der Waals surface area contributed by atoms with Crippen molar-refractivity contribution in [3.05, 3.63) is 29.8 Å². The molecule has 1 aromatic rings. The molecular weight excluding hydrogens is 252 g/mol. The Morgan fingerprint density at radius 1 is 1.25 bits per heavy atom. The van der Waals surface area contributed by atoms with Gasteiger partial charge in [-0.2, -0.15) is 0 Å². The first-order valence-corrected chi connectivity index (χ1v) is 7.22. The van der Waals surface area contributed by atoms with Crippen molar-refractivity contribution in [1.82, 2.24) is 5.32 Å². The smallest absolute Gasteiger partial charge is 0.250 e. The highest BCUT2D eigenvalue weighted by Gasteiger charge is 2.35. The molecule has 2 amide bonds. The minimum atomic E-state index is -0.424. The van der Waals surface area contributed by atoms with Crippen molar-refractivity contribution in [1.29, 1.82) is 0 Å². The molecule has 1 unspecified atom stereocenters. The second kappa shape index (κ2) is 6.07. The number of nitrogens with one attached hydrogen (secondary N) is 1. The minimum absolute atomic E-state index is 0.0251. The highest BCUT2D eigenvalue weighted by Crippen LogP contribution is 2.21. The van der Waals surface area contributed by atoms with Crippen molar-refractivity contribution in [2.24, 2.45) is 5.92 Å². The van der Waals surface area contributed by atoms with E-state index in [1.165, 1.54) is 5.56 Å². The molecule has 1 fully saturated rings. The Morgan fingerprint density at radius 2 is 1.90 bits per heavy atom. The van der Waals surface area contributed by atoms with E-state index in [0.717, 1.165) is 18.5 Å². The molecule has 2 rings (SSSR count). The van der Waals surface area contributed by atoms with Crippen LogP contribution in [-0.2, 0) is 16.0 Å². The van der Waals surface area contributed by atoms with Gasteiger partial charge in [0, 0.05) is 5.69 Å². The molecule has 0 aromatic heterocycles. The molecule has 1 aliphatic rings. The summed E-state index contributed by atoms with van der Waals surface area (Å²) >= 11 is 0. The molecule has 1 N–H and O–H groups in total. The summed E-state index contributed by atoms with van der Waals surface area (Å²) in [6, 6.07) is 7.50. The van der Waals surface area contributed by atoms with E-state index in [0.29, 0.717) is 0 Å². The number of aryl methyl sites for hydroxylation is 1. The van der Waals surface area contributed by atoms with Crippen LogP contribution in [0.2, 0.25) is 0 Å². The Hall–Kier alpha value is -1.84. The van der Waals surface area contributed by atoms with Gasteiger partial charge in [0.05, 0.1) is 0 Å². The van der Waals surface area contributed by atoms with Crippen LogP contribution in [0, 0.1) is 5.92 Å². The van der Waals surface area contributed by atoms with Crippen LogP contribution in [0.3, 0.4) is 0 Å². The van der Waals surface area contributed by atoms with Crippen molar-refractivity contribution in [2.75, 3.05) is 11.4 Å². The number of hydrogen-bond donors (Lipinski definition) is 1. The first-order chi connectivity index (χ1) is 9.52. The molecule has 1 aliphatic heterocycles. The Labute approximate surface area is 120 Å². The first kappa shape index (κ1) is 14.6. The topological polar surface area (TPSA) is 49.4 Å². The summed E-state index contributed by atoms with van der Waals surface area (Å²) in [5.41, 5.74) is 2.06. The van der Waals surface area contributed by atoms with E-state index < -0.39 is 6.04 Å². The summed E-state index contributed by atoms with van der Waals surface area (Å²) in [4.78, 5) is 25.8. The number of nitrogens with zero attached hydrogens (tertiary/aromatic N) is 1. The third kappa shape index (κ3) is 3.00. The summed E-state index contributed by atoms with van der Waals surface area (Å²) in [7, 11) is 0. The average Bonchev–Trinajstić information content (AvgIpc) is 2.42. The summed E-state index contributed by atoms with van der Waals surface area (Å²) in [6.07, 6.45) is 2.13. The van der Waals surface area contributed by atoms with Crippen LogP contribution in [-0.4, -0.2) is 24.4 Å². The molecular formula is C16H22N2O2. The Kier molecular flexibility index (Phi) is 4.42. The number of hydrogen-bond acceptors (Lipinski definition) is 2. The van der Waals surface area contributed by atoms with E-state index in [4.69, 9.17) is 0 Å². The first-order valence-electron chi connectivity index (χ1n) is 7.22. The summed E-state index contributed by atoms with van der Waals surface area (Å²) in [5, 5.41) is 2.77. The largest absolute Gasteiger partial charge is 0.342 e. The molecule has 4 nitrogen and oxygen atoms in total. The zero-order valence-electron chi connectivity index (χ0n) is 12.3. The van der Waals surface area contributed by atoms with E-state index in [9.17, 15) is 9.59 Å². The molecule has 0 spiro atoms. The maximum absolute atomic E-state index is 12.4. The van der Waals surface area contributed by atoms with Crippen LogP contribution < -0.4 is 10.2 Å². The van der Waals surface area contributed by atoms with Crippen molar-refractivity contribution in [3.8, 4) is 0 Å². The highest BCUT2D eigenvalue weighted by molar-refractivity contribution is 6.06. The van der Waals surface area contributed by atoms with Gasteiger partial charge in [0.1, 0.15) is 12.6 Å². The number of rotatable bonds is 4. The molecule has 0 bridgehead atoms. The molecule has 20 heavy (non-hydrogen) atoms. The normalized spacial score (nSPS) is 19.4. The monoisotopic (exact) mass is 274 g/mol. The number of amides is 2. The standard InChI is InChI=1S/C16H22N2O2/c1-4-5-12-6-8-13(9-7-12)18-10-14(19)17-15(11(2)3)16(18)20/h6-9,11,15H,4-5,10H2,1-3H3,(H,17,19). The van der Waals surface area contributed by atoms with Crippen LogP contribution in [0.4, 0.5) is 5.69 Å². The highest BCUT2D eigenvalue weighted by atomic mass is 16.2. The lowest BCUT2D eigenvalue weighted by Crippen LogP contribution is -2.60. The predicted molar refractivity (Wildman–Crippen MR) is 79.6 cm³/mol. The molecule has 1 atom stereocenters. The summed E-state index contributed by atoms with van der Waals surface area (Å²) in [6.45, 7) is 6.13. The van der Waals surface area contributed by atoms with E-state index in [2.05, 4.69) is 12.2 Å². The second-order valence-electron chi connectivity index (χ2n) is 5.63. The molecule has 1 saturated heterocycles. The Morgan fingerprint density at radius 3 is 2.45 bits per heavy atom. The minimum Gasteiger partial charge on any atom is -0.342 e. The lowest BCUT2D eigenvalue weighted by Gasteiger charge is -2.34. The van der Waals surface area contributed by atoms with Crippen LogP contribution in [0.5, 0.6) is 0 Å². The third-order valence-electron chi connectivity index (χ3n) is 3.60. The van der Waals surface area contributed by atoms with E-state index in [1.54, 1.807) is 4.90 Å². The van der Waals surface area contributed by atoms with Crippen molar-refractivity contribution >= 4 is 17.5 Å². The molecule has 1 heterocycles. The van der Waals surface area contributed by atoms with Gasteiger partial charge >= 0.3 is 0 Å². The second-order valence-corrected chi connectivity index (χ2v) is 5.63. The summed E-state index contributed by atoms with van der Waals surface area (Å²) < 4.78 is 0. The zero-order valence-corrected chi connectivity index (χ0v) is 12.3. The fraction of sp³-hybridized carbons (Fsp3) is 0.500. The molecule has 0 saturated carbocycles. The van der Waals surface area contributed by atoms with Crippen LogP contribution >= 0.6 is 0 Å². The Bertz CT molecular complexity index is 494. The van der Waals surface area contributed by atoms with Crippen molar-refractivity contribution in [3.63, 3.8) is 0 Å². The van der Waals surface area contributed by atoms with Gasteiger partial charge in [0.15, 0.2) is 0 Å². The number of benzene rings is 1. The number of carbonyl (C=O) groups excluding carboxylic acids is 2. The maximum atomic E-state index is 12.4. The SMILES string of the molecule is CCCc1ccc(N2CC(=O)NC(C(C)C)C2=O)cc1. The molecule has 108 valence electrons. The Balaban J connectivity index is 2.21. The quantitative estimate of drug-likeness (QED) is 0.914. The maximum Gasteiger partial charge on any atom is 0.250 e. The van der Waals surface area contributed by atoms with E-state index in [1.807, 2.05) is 38.1 Å². The van der Waals surface area contributed by atoms with Crippen LogP contribution in [0.15, 0.2) is 24.3 Å². The number of carbonyl (C=O) groups is 2. The van der Waals surface area contributed by atoms with Gasteiger partial charge in [-0.25, -0.2) is 0 Å². The fourth-order valence-corrected chi connectivity index (χ4v) is 2.47. The molecule has 0 aliphatic carbocycles. The average molecular weight is 274 g/mol. The van der Waals surface area contributed by atoms with Gasteiger partial charge < -0.3 is 10.2 Å². The lowest BCUT2D eigenvalue weighted by molar-refractivity contribution is -0.132. The van der Waals surface area contributed by atoms with Gasteiger partial charge in [0.2, 0.25) is 11.8 Å².